The number of thiazole rings is 1. The summed E-state index contributed by atoms with van der Waals surface area (Å²) in [5.74, 6) is -0.138. The van der Waals surface area contributed by atoms with Gasteiger partial charge in [0.2, 0.25) is 0 Å². The summed E-state index contributed by atoms with van der Waals surface area (Å²) < 4.78 is 0. The molecule has 0 bridgehead atoms. The van der Waals surface area contributed by atoms with Crippen LogP contribution < -0.4 is 5.32 Å². The minimum atomic E-state index is -0.957. The normalized spacial score (nSPS) is 12.3. The van der Waals surface area contributed by atoms with Gasteiger partial charge in [-0.25, -0.2) is 14.8 Å². The molecule has 0 aliphatic rings. The van der Waals surface area contributed by atoms with Crippen LogP contribution in [-0.4, -0.2) is 26.0 Å². The summed E-state index contributed by atoms with van der Waals surface area (Å²) in [7, 11) is 0. The topological polar surface area (TPSA) is 90.9 Å². The highest BCUT2D eigenvalue weighted by Crippen LogP contribution is 2.24. The Labute approximate surface area is 102 Å². The van der Waals surface area contributed by atoms with Crippen molar-refractivity contribution in [3.63, 3.8) is 0 Å². The number of H-pyrrole nitrogens is 1. The standard InChI is InChI=1S/C10H12N4O2S/c1-2-6(8-11-3-4-12-8)14-10-13-5-7(17-10)9(15)16/h3-6H,2H2,1H3,(H,11,12)(H,13,14)(H,15,16). The van der Waals surface area contributed by atoms with Crippen LogP contribution in [0, 0.1) is 0 Å². The maximum absolute atomic E-state index is 10.7. The molecule has 2 heterocycles. The summed E-state index contributed by atoms with van der Waals surface area (Å²) in [5, 5.41) is 12.5. The Hall–Kier alpha value is -1.89. The molecule has 1 atom stereocenters. The van der Waals surface area contributed by atoms with E-state index < -0.39 is 5.97 Å². The Kier molecular flexibility index (Phi) is 3.38. The molecule has 6 nitrogen and oxygen atoms in total. The number of carboxylic acids is 1. The molecule has 1 unspecified atom stereocenters. The number of carbonyl (C=O) groups is 1. The Bertz CT molecular complexity index is 494. The molecular weight excluding hydrogens is 240 g/mol. The van der Waals surface area contributed by atoms with Crippen molar-refractivity contribution in [1.82, 2.24) is 15.0 Å². The Balaban J connectivity index is 2.10. The molecule has 17 heavy (non-hydrogen) atoms. The predicted octanol–water partition coefficient (Wildman–Crippen LogP) is 2.13. The van der Waals surface area contributed by atoms with E-state index in [1.165, 1.54) is 6.20 Å². The van der Waals surface area contributed by atoms with Crippen molar-refractivity contribution >= 4 is 22.4 Å². The fraction of sp³-hybridized carbons (Fsp3) is 0.300. The van der Waals surface area contributed by atoms with Gasteiger partial charge < -0.3 is 15.4 Å². The molecule has 90 valence electrons. The average molecular weight is 252 g/mol. The first-order valence-corrected chi connectivity index (χ1v) is 5.97. The molecule has 2 rings (SSSR count). The second-order valence-corrected chi connectivity index (χ2v) is 4.45. The van der Waals surface area contributed by atoms with Crippen LogP contribution in [0.15, 0.2) is 18.6 Å². The molecule has 0 amide bonds. The number of rotatable bonds is 5. The van der Waals surface area contributed by atoms with Gasteiger partial charge in [0.25, 0.3) is 0 Å². The first kappa shape index (κ1) is 11.6. The number of aromatic amines is 1. The fourth-order valence-electron chi connectivity index (χ4n) is 1.42. The van der Waals surface area contributed by atoms with E-state index in [4.69, 9.17) is 5.11 Å². The van der Waals surface area contributed by atoms with Gasteiger partial charge in [0, 0.05) is 12.4 Å². The number of carboxylic acid groups (broad SMARTS) is 1. The van der Waals surface area contributed by atoms with Crippen LogP contribution in [0.1, 0.15) is 34.9 Å². The van der Waals surface area contributed by atoms with Crippen LogP contribution in [0.2, 0.25) is 0 Å². The number of aromatic nitrogens is 3. The lowest BCUT2D eigenvalue weighted by atomic mass is 10.2. The highest BCUT2D eigenvalue weighted by atomic mass is 32.1. The average Bonchev–Trinajstić information content (AvgIpc) is 2.96. The van der Waals surface area contributed by atoms with Crippen LogP contribution in [0.5, 0.6) is 0 Å². The second kappa shape index (κ2) is 4.96. The lowest BCUT2D eigenvalue weighted by Crippen LogP contribution is -2.10. The zero-order valence-electron chi connectivity index (χ0n) is 9.17. The Morgan fingerprint density at radius 1 is 1.65 bits per heavy atom. The summed E-state index contributed by atoms with van der Waals surface area (Å²) in [6.07, 6.45) is 5.62. The third-order valence-corrected chi connectivity index (χ3v) is 3.19. The molecule has 0 spiro atoms. The summed E-state index contributed by atoms with van der Waals surface area (Å²) >= 11 is 1.12. The van der Waals surface area contributed by atoms with Gasteiger partial charge in [0.05, 0.1) is 12.2 Å². The van der Waals surface area contributed by atoms with E-state index in [0.29, 0.717) is 5.13 Å². The monoisotopic (exact) mass is 252 g/mol. The van der Waals surface area contributed by atoms with E-state index in [0.717, 1.165) is 23.6 Å². The maximum Gasteiger partial charge on any atom is 0.347 e. The number of nitrogens with one attached hydrogen (secondary N) is 2. The van der Waals surface area contributed by atoms with E-state index in [1.807, 2.05) is 6.92 Å². The van der Waals surface area contributed by atoms with Crippen molar-refractivity contribution < 1.29 is 9.90 Å². The van der Waals surface area contributed by atoms with Crippen molar-refractivity contribution in [3.8, 4) is 0 Å². The number of nitrogens with zero attached hydrogens (tertiary/aromatic N) is 2. The zero-order valence-corrected chi connectivity index (χ0v) is 9.99. The number of anilines is 1. The first-order chi connectivity index (χ1) is 8.20. The molecule has 2 aromatic rings. The van der Waals surface area contributed by atoms with Gasteiger partial charge >= 0.3 is 5.97 Å². The maximum atomic E-state index is 10.7. The number of aromatic carboxylic acids is 1. The van der Waals surface area contributed by atoms with E-state index in [2.05, 4.69) is 20.3 Å². The van der Waals surface area contributed by atoms with Gasteiger partial charge in [0.15, 0.2) is 5.13 Å². The molecule has 2 aromatic heterocycles. The van der Waals surface area contributed by atoms with Gasteiger partial charge in [-0.1, -0.05) is 18.3 Å². The van der Waals surface area contributed by atoms with Crippen LogP contribution in [-0.2, 0) is 0 Å². The van der Waals surface area contributed by atoms with E-state index in [1.54, 1.807) is 12.4 Å². The molecule has 0 fully saturated rings. The summed E-state index contributed by atoms with van der Waals surface area (Å²) in [5.41, 5.74) is 0. The molecule has 0 saturated heterocycles. The van der Waals surface area contributed by atoms with Gasteiger partial charge in [0.1, 0.15) is 10.7 Å². The van der Waals surface area contributed by atoms with Gasteiger partial charge in [-0.2, -0.15) is 0 Å². The first-order valence-electron chi connectivity index (χ1n) is 5.15. The lowest BCUT2D eigenvalue weighted by Gasteiger charge is -2.13. The Morgan fingerprint density at radius 2 is 2.47 bits per heavy atom. The molecule has 0 radical (unpaired) electrons. The SMILES string of the molecule is CCC(Nc1ncc(C(=O)O)s1)c1ncc[nH]1. The number of hydrogen-bond acceptors (Lipinski definition) is 5. The zero-order chi connectivity index (χ0) is 12.3. The van der Waals surface area contributed by atoms with Gasteiger partial charge in [-0.3, -0.25) is 0 Å². The lowest BCUT2D eigenvalue weighted by molar-refractivity contribution is 0.0702. The smallest absolute Gasteiger partial charge is 0.347 e. The van der Waals surface area contributed by atoms with Crippen molar-refractivity contribution in [2.24, 2.45) is 0 Å². The number of imidazole rings is 1. The summed E-state index contributed by atoms with van der Waals surface area (Å²) in [6, 6.07) is 0.0118. The third kappa shape index (κ3) is 2.62. The highest BCUT2D eigenvalue weighted by Gasteiger charge is 2.14. The fourth-order valence-corrected chi connectivity index (χ4v) is 2.13. The van der Waals surface area contributed by atoms with Crippen LogP contribution in [0.3, 0.4) is 0 Å². The van der Waals surface area contributed by atoms with E-state index in [9.17, 15) is 4.79 Å². The minimum Gasteiger partial charge on any atom is -0.477 e. The summed E-state index contributed by atoms with van der Waals surface area (Å²) in [4.78, 5) is 22.2. The van der Waals surface area contributed by atoms with Gasteiger partial charge in [-0.15, -0.1) is 0 Å². The molecule has 3 N–H and O–H groups in total. The molecule has 0 saturated carbocycles. The quantitative estimate of drug-likeness (QED) is 0.758. The van der Waals surface area contributed by atoms with Crippen molar-refractivity contribution in [3.05, 3.63) is 29.3 Å². The number of hydrogen-bond donors (Lipinski definition) is 3. The Morgan fingerprint density at radius 3 is 3.00 bits per heavy atom. The predicted molar refractivity (Wildman–Crippen MR) is 64.3 cm³/mol. The van der Waals surface area contributed by atoms with Crippen molar-refractivity contribution in [2.75, 3.05) is 5.32 Å². The summed E-state index contributed by atoms with van der Waals surface area (Å²) in [6.45, 7) is 2.02. The molecular formula is C10H12N4O2S. The van der Waals surface area contributed by atoms with Crippen molar-refractivity contribution in [1.29, 1.82) is 0 Å². The molecule has 0 aliphatic carbocycles. The molecule has 0 aromatic carbocycles. The van der Waals surface area contributed by atoms with Crippen LogP contribution in [0.4, 0.5) is 5.13 Å². The minimum absolute atomic E-state index is 0.0118. The largest absolute Gasteiger partial charge is 0.477 e. The highest BCUT2D eigenvalue weighted by molar-refractivity contribution is 7.17. The molecule has 7 heteroatoms. The van der Waals surface area contributed by atoms with Crippen LogP contribution in [0.25, 0.3) is 0 Å². The third-order valence-electron chi connectivity index (χ3n) is 2.27. The second-order valence-electron chi connectivity index (χ2n) is 3.41. The van der Waals surface area contributed by atoms with E-state index in [-0.39, 0.29) is 10.9 Å². The van der Waals surface area contributed by atoms with Crippen LogP contribution >= 0.6 is 11.3 Å². The van der Waals surface area contributed by atoms with Crippen molar-refractivity contribution in [2.45, 2.75) is 19.4 Å². The van der Waals surface area contributed by atoms with Gasteiger partial charge in [-0.05, 0) is 6.42 Å². The molecule has 0 aliphatic heterocycles. The van der Waals surface area contributed by atoms with E-state index >= 15 is 0 Å².